The average molecular weight is 573 g/mol. The van der Waals surface area contributed by atoms with Crippen LogP contribution in [0.2, 0.25) is 0 Å². The minimum Gasteiger partial charge on any atom is -0.393 e. The van der Waals surface area contributed by atoms with Crippen molar-refractivity contribution in [3.63, 3.8) is 0 Å². The quantitative estimate of drug-likeness (QED) is 0.180. The molecule has 2 aliphatic carbocycles. The molecule has 42 heavy (non-hydrogen) atoms. The smallest absolute Gasteiger partial charge is 0.0585 e. The molecule has 0 spiro atoms. The summed E-state index contributed by atoms with van der Waals surface area (Å²) in [6.45, 7) is 22.1. The van der Waals surface area contributed by atoms with Gasteiger partial charge in [-0.05, 0) is 109 Å². The van der Waals surface area contributed by atoms with Gasteiger partial charge in [-0.1, -0.05) is 127 Å². The second-order valence-corrected chi connectivity index (χ2v) is 14.3. The number of hydrogen-bond acceptors (Lipinski definition) is 2. The second kappa shape index (κ2) is 16.4. The zero-order valence-electron chi connectivity index (χ0n) is 28.5. The summed E-state index contributed by atoms with van der Waals surface area (Å²) in [5.41, 5.74) is 11.0. The number of hydrogen-bond donors (Lipinski definition) is 2. The zero-order valence-corrected chi connectivity index (χ0v) is 28.5. The van der Waals surface area contributed by atoms with Gasteiger partial charge in [0.15, 0.2) is 0 Å². The van der Waals surface area contributed by atoms with Crippen molar-refractivity contribution in [3.8, 4) is 0 Å². The van der Waals surface area contributed by atoms with Gasteiger partial charge in [-0.3, -0.25) is 0 Å². The van der Waals surface area contributed by atoms with E-state index in [2.05, 4.69) is 130 Å². The van der Waals surface area contributed by atoms with Crippen molar-refractivity contribution in [1.82, 2.24) is 0 Å². The van der Waals surface area contributed by atoms with Gasteiger partial charge in [0.05, 0.1) is 12.2 Å². The van der Waals surface area contributed by atoms with Gasteiger partial charge in [0.25, 0.3) is 0 Å². The monoisotopic (exact) mass is 572 g/mol. The molecular formula is C40H60O2. The van der Waals surface area contributed by atoms with E-state index in [1.165, 1.54) is 44.6 Å². The number of aliphatic hydroxyl groups excluding tert-OH is 2. The fourth-order valence-corrected chi connectivity index (χ4v) is 6.72. The summed E-state index contributed by atoms with van der Waals surface area (Å²) in [6, 6.07) is 0. The van der Waals surface area contributed by atoms with Crippen molar-refractivity contribution < 1.29 is 10.2 Å². The number of allylic oxidation sites excluding steroid dienone is 16. The summed E-state index contributed by atoms with van der Waals surface area (Å²) >= 11 is 0. The lowest BCUT2D eigenvalue weighted by Gasteiger charge is -2.37. The summed E-state index contributed by atoms with van der Waals surface area (Å²) in [4.78, 5) is 0. The molecule has 2 nitrogen and oxygen atoms in total. The van der Waals surface area contributed by atoms with Crippen LogP contribution in [0.1, 0.15) is 121 Å². The first-order valence-electron chi connectivity index (χ1n) is 16.1. The van der Waals surface area contributed by atoms with Crippen LogP contribution in [0.5, 0.6) is 0 Å². The Balaban J connectivity index is 1.81. The maximum absolute atomic E-state index is 10.1. The van der Waals surface area contributed by atoms with Crippen molar-refractivity contribution in [2.75, 3.05) is 0 Å². The van der Waals surface area contributed by atoms with E-state index in [1.54, 1.807) is 0 Å². The van der Waals surface area contributed by atoms with Gasteiger partial charge in [0.1, 0.15) is 0 Å². The SMILES string of the molecule is CC1=C(/C=C/C(C)=C/CC/C(C)=C/C=C/C=C(C)/C=C/C=C(\C)CCC2=C(C)C[C@H](O)CC2(C)C)C(C)(C)C[C@@H](O)C1. The van der Waals surface area contributed by atoms with Crippen molar-refractivity contribution in [2.24, 2.45) is 10.8 Å². The van der Waals surface area contributed by atoms with Crippen LogP contribution < -0.4 is 0 Å². The average Bonchev–Trinajstić information content (AvgIpc) is 2.84. The topological polar surface area (TPSA) is 40.5 Å². The Labute approximate surface area is 258 Å². The van der Waals surface area contributed by atoms with Crippen LogP contribution in [-0.4, -0.2) is 22.4 Å². The Morgan fingerprint density at radius 1 is 0.714 bits per heavy atom. The van der Waals surface area contributed by atoms with Gasteiger partial charge in [-0.15, -0.1) is 0 Å². The second-order valence-electron chi connectivity index (χ2n) is 14.3. The van der Waals surface area contributed by atoms with Crippen LogP contribution in [0.15, 0.2) is 105 Å². The fourth-order valence-electron chi connectivity index (χ4n) is 6.72. The van der Waals surface area contributed by atoms with E-state index in [0.29, 0.717) is 0 Å². The molecule has 0 bridgehead atoms. The summed E-state index contributed by atoms with van der Waals surface area (Å²) in [7, 11) is 0. The summed E-state index contributed by atoms with van der Waals surface area (Å²) in [5, 5.41) is 20.2. The maximum Gasteiger partial charge on any atom is 0.0585 e. The standard InChI is InChI=1S/C40H60O2/c1-29(17-13-19-31(3)21-23-37-33(5)25-35(41)27-39(37,7)8)15-11-12-16-30(2)18-14-20-32(4)22-24-38-34(6)26-36(42)28-40(38,9)10/h11-13,15-17,19-20,22,24,35-36,41-42H,14,18,21,23,25-28H2,1-10H3/b12-11+,17-13+,24-22+,29-15+,30-16+,31-19+,32-20+/t35-,36-/m0/s1. The number of aliphatic hydroxyl groups is 2. The molecule has 2 heteroatoms. The third kappa shape index (κ3) is 12.1. The van der Waals surface area contributed by atoms with Gasteiger partial charge in [-0.2, -0.15) is 0 Å². The molecule has 232 valence electrons. The molecule has 0 saturated carbocycles. The third-order valence-electron chi connectivity index (χ3n) is 8.97. The molecule has 0 saturated heterocycles. The molecule has 0 unspecified atom stereocenters. The highest BCUT2D eigenvalue weighted by Crippen LogP contribution is 2.43. The summed E-state index contributed by atoms with van der Waals surface area (Å²) < 4.78 is 0. The van der Waals surface area contributed by atoms with Gasteiger partial charge in [-0.25, -0.2) is 0 Å². The van der Waals surface area contributed by atoms with Crippen molar-refractivity contribution in [1.29, 1.82) is 0 Å². The lowest BCUT2D eigenvalue weighted by atomic mass is 9.70. The van der Waals surface area contributed by atoms with Gasteiger partial charge in [0, 0.05) is 0 Å². The van der Waals surface area contributed by atoms with Crippen LogP contribution in [0, 0.1) is 10.8 Å². The van der Waals surface area contributed by atoms with Crippen LogP contribution in [0.25, 0.3) is 0 Å². The van der Waals surface area contributed by atoms with E-state index >= 15 is 0 Å². The molecule has 2 N–H and O–H groups in total. The summed E-state index contributed by atoms with van der Waals surface area (Å²) in [5.74, 6) is 0. The molecule has 0 radical (unpaired) electrons. The molecule has 0 aromatic rings. The van der Waals surface area contributed by atoms with E-state index in [1.807, 2.05) is 0 Å². The van der Waals surface area contributed by atoms with Gasteiger partial charge < -0.3 is 10.2 Å². The van der Waals surface area contributed by atoms with E-state index in [0.717, 1.165) is 51.4 Å². The Morgan fingerprint density at radius 2 is 1.29 bits per heavy atom. The molecule has 0 heterocycles. The molecule has 0 aromatic carbocycles. The third-order valence-corrected chi connectivity index (χ3v) is 8.97. The Morgan fingerprint density at radius 3 is 1.93 bits per heavy atom. The lowest BCUT2D eigenvalue weighted by molar-refractivity contribution is 0.113. The first kappa shape index (κ1) is 35.8. The normalized spacial score (nSPS) is 24.7. The Hall–Kier alpha value is -2.42. The lowest BCUT2D eigenvalue weighted by Crippen LogP contribution is -2.29. The number of rotatable bonds is 12. The molecule has 0 amide bonds. The Kier molecular flexibility index (Phi) is 14.0. The zero-order chi connectivity index (χ0) is 31.5. The Bertz CT molecular complexity index is 1200. The fraction of sp³-hybridized carbons (Fsp3) is 0.550. The van der Waals surface area contributed by atoms with Crippen LogP contribution >= 0.6 is 0 Å². The molecule has 2 aliphatic rings. The van der Waals surface area contributed by atoms with Crippen molar-refractivity contribution in [2.45, 2.75) is 133 Å². The van der Waals surface area contributed by atoms with Gasteiger partial charge in [0.2, 0.25) is 0 Å². The van der Waals surface area contributed by atoms with E-state index in [-0.39, 0.29) is 23.0 Å². The van der Waals surface area contributed by atoms with Crippen LogP contribution in [0.3, 0.4) is 0 Å². The van der Waals surface area contributed by atoms with E-state index in [4.69, 9.17) is 0 Å². The van der Waals surface area contributed by atoms with Gasteiger partial charge >= 0.3 is 0 Å². The molecule has 2 atom stereocenters. The van der Waals surface area contributed by atoms with Crippen molar-refractivity contribution in [3.05, 3.63) is 105 Å². The molecular weight excluding hydrogens is 512 g/mol. The highest BCUT2D eigenvalue weighted by molar-refractivity contribution is 5.37. The van der Waals surface area contributed by atoms with Crippen LogP contribution in [0.4, 0.5) is 0 Å². The molecule has 0 aliphatic heterocycles. The minimum absolute atomic E-state index is 0.0261. The first-order chi connectivity index (χ1) is 19.6. The van der Waals surface area contributed by atoms with E-state index in [9.17, 15) is 10.2 Å². The predicted octanol–water partition coefficient (Wildman–Crippen LogP) is 11.0. The maximum atomic E-state index is 10.1. The predicted molar refractivity (Wildman–Crippen MR) is 184 cm³/mol. The minimum atomic E-state index is -0.213. The molecule has 0 fully saturated rings. The van der Waals surface area contributed by atoms with Crippen LogP contribution in [-0.2, 0) is 0 Å². The molecule has 0 aromatic heterocycles. The first-order valence-corrected chi connectivity index (χ1v) is 16.1. The largest absolute Gasteiger partial charge is 0.393 e. The summed E-state index contributed by atoms with van der Waals surface area (Å²) in [6.07, 6.45) is 29.2. The van der Waals surface area contributed by atoms with Crippen molar-refractivity contribution >= 4 is 0 Å². The van der Waals surface area contributed by atoms with E-state index < -0.39 is 0 Å². The molecule has 2 rings (SSSR count). The highest BCUT2D eigenvalue weighted by Gasteiger charge is 2.32. The highest BCUT2D eigenvalue weighted by atomic mass is 16.3.